The molecule has 0 radical (unpaired) electrons. The van der Waals surface area contributed by atoms with Crippen molar-refractivity contribution in [2.75, 3.05) is 6.54 Å². The van der Waals surface area contributed by atoms with Crippen LogP contribution >= 0.6 is 0 Å². The summed E-state index contributed by atoms with van der Waals surface area (Å²) in [7, 11) is 0. The Morgan fingerprint density at radius 2 is 1.86 bits per heavy atom. The van der Waals surface area contributed by atoms with Crippen molar-refractivity contribution in [3.05, 3.63) is 83.1 Å². The summed E-state index contributed by atoms with van der Waals surface area (Å²) in [5.74, 6) is 0.704. The predicted octanol–water partition coefficient (Wildman–Crippen LogP) is 4.62. The van der Waals surface area contributed by atoms with Gasteiger partial charge in [0.25, 0.3) is 5.91 Å². The maximum atomic E-state index is 13.5. The van der Waals surface area contributed by atoms with Crippen molar-refractivity contribution in [3.8, 4) is 11.5 Å². The number of benzene rings is 2. The molecule has 146 valence electrons. The van der Waals surface area contributed by atoms with Crippen LogP contribution in [0, 0.1) is 19.7 Å². The minimum atomic E-state index is -0.377. The van der Waals surface area contributed by atoms with Crippen LogP contribution in [0.3, 0.4) is 0 Å². The number of amides is 1. The highest BCUT2D eigenvalue weighted by Gasteiger charge is 2.14. The first-order valence-electron chi connectivity index (χ1n) is 9.38. The lowest BCUT2D eigenvalue weighted by Gasteiger charge is -2.09. The standard InChI is InChI=1S/C23H20FN3O2/c1-14-12-19(18-9-8-17(24)13-21(18)26-14)22(28)25-11-10-20-15(2)29-23(27-20)16-6-4-3-5-7-16/h3-9,12-13H,10-11H2,1-2H3,(H,25,28). The maximum absolute atomic E-state index is 13.5. The quantitative estimate of drug-likeness (QED) is 0.541. The van der Waals surface area contributed by atoms with Gasteiger partial charge in [-0.3, -0.25) is 9.78 Å². The highest BCUT2D eigenvalue weighted by Crippen LogP contribution is 2.22. The number of halogens is 1. The fourth-order valence-corrected chi connectivity index (χ4v) is 3.28. The molecule has 0 spiro atoms. The molecule has 0 atom stereocenters. The van der Waals surface area contributed by atoms with Gasteiger partial charge in [0, 0.05) is 35.7 Å². The number of nitrogens with zero attached hydrogens (tertiary/aromatic N) is 2. The van der Waals surface area contributed by atoms with Crippen molar-refractivity contribution in [1.82, 2.24) is 15.3 Å². The molecule has 1 amide bonds. The van der Waals surface area contributed by atoms with Crippen LogP contribution in [0.1, 0.15) is 27.5 Å². The molecule has 0 saturated heterocycles. The van der Waals surface area contributed by atoms with Gasteiger partial charge in [-0.15, -0.1) is 0 Å². The average Bonchev–Trinajstić information content (AvgIpc) is 3.08. The monoisotopic (exact) mass is 389 g/mol. The third-order valence-corrected chi connectivity index (χ3v) is 4.71. The van der Waals surface area contributed by atoms with E-state index in [1.165, 1.54) is 12.1 Å². The number of hydrogen-bond donors (Lipinski definition) is 1. The molecule has 0 aliphatic rings. The van der Waals surface area contributed by atoms with E-state index in [-0.39, 0.29) is 11.7 Å². The van der Waals surface area contributed by atoms with Crippen LogP contribution in [-0.2, 0) is 6.42 Å². The molecule has 2 aromatic heterocycles. The lowest BCUT2D eigenvalue weighted by molar-refractivity contribution is 0.0955. The van der Waals surface area contributed by atoms with Crippen LogP contribution in [0.2, 0.25) is 0 Å². The van der Waals surface area contributed by atoms with E-state index in [1.54, 1.807) is 19.1 Å². The van der Waals surface area contributed by atoms with E-state index in [1.807, 2.05) is 37.3 Å². The average molecular weight is 389 g/mol. The number of oxazole rings is 1. The second kappa shape index (κ2) is 7.83. The molecule has 2 aromatic carbocycles. The number of aromatic nitrogens is 2. The summed E-state index contributed by atoms with van der Waals surface area (Å²) >= 11 is 0. The Balaban J connectivity index is 1.47. The maximum Gasteiger partial charge on any atom is 0.252 e. The van der Waals surface area contributed by atoms with E-state index in [0.717, 1.165) is 17.0 Å². The van der Waals surface area contributed by atoms with E-state index in [0.29, 0.717) is 41.0 Å². The largest absolute Gasteiger partial charge is 0.441 e. The molecule has 2 heterocycles. The summed E-state index contributed by atoms with van der Waals surface area (Å²) < 4.78 is 19.3. The zero-order valence-corrected chi connectivity index (χ0v) is 16.2. The van der Waals surface area contributed by atoms with Gasteiger partial charge in [0.15, 0.2) is 0 Å². The number of carbonyl (C=O) groups is 1. The smallest absolute Gasteiger partial charge is 0.252 e. The molecule has 4 rings (SSSR count). The molecule has 0 unspecified atom stereocenters. The molecule has 1 N–H and O–H groups in total. The molecule has 0 saturated carbocycles. The molecule has 0 fully saturated rings. The van der Waals surface area contributed by atoms with Gasteiger partial charge in [0.1, 0.15) is 11.6 Å². The highest BCUT2D eigenvalue weighted by molar-refractivity contribution is 6.06. The number of aryl methyl sites for hydroxylation is 2. The van der Waals surface area contributed by atoms with Crippen LogP contribution in [0.15, 0.2) is 59.0 Å². The van der Waals surface area contributed by atoms with Crippen molar-refractivity contribution >= 4 is 16.8 Å². The molecule has 0 aliphatic heterocycles. The first-order chi connectivity index (χ1) is 14.0. The predicted molar refractivity (Wildman–Crippen MR) is 109 cm³/mol. The molecule has 29 heavy (non-hydrogen) atoms. The number of carbonyl (C=O) groups excluding carboxylic acids is 1. The Kier molecular flexibility index (Phi) is 5.08. The first-order valence-corrected chi connectivity index (χ1v) is 9.38. The first kappa shape index (κ1) is 18.8. The van der Waals surface area contributed by atoms with E-state index in [4.69, 9.17) is 4.42 Å². The van der Waals surface area contributed by atoms with Gasteiger partial charge >= 0.3 is 0 Å². The van der Waals surface area contributed by atoms with Crippen LogP contribution in [0.4, 0.5) is 4.39 Å². The van der Waals surface area contributed by atoms with Crippen molar-refractivity contribution in [2.45, 2.75) is 20.3 Å². The van der Waals surface area contributed by atoms with E-state index in [9.17, 15) is 9.18 Å². The number of rotatable bonds is 5. The number of nitrogens with one attached hydrogen (secondary N) is 1. The minimum Gasteiger partial charge on any atom is -0.441 e. The van der Waals surface area contributed by atoms with E-state index >= 15 is 0 Å². The topological polar surface area (TPSA) is 68.0 Å². The Bertz CT molecular complexity index is 1180. The summed E-state index contributed by atoms with van der Waals surface area (Å²) in [6.45, 7) is 4.06. The van der Waals surface area contributed by atoms with E-state index in [2.05, 4.69) is 15.3 Å². The van der Waals surface area contributed by atoms with Crippen LogP contribution in [-0.4, -0.2) is 22.4 Å². The Hall–Kier alpha value is -3.54. The van der Waals surface area contributed by atoms with Crippen LogP contribution in [0.25, 0.3) is 22.4 Å². The Labute approximate surface area is 167 Å². The summed E-state index contributed by atoms with van der Waals surface area (Å²) in [5, 5.41) is 3.54. The fraction of sp³-hybridized carbons (Fsp3) is 0.174. The molecule has 5 nitrogen and oxygen atoms in total. The Morgan fingerprint density at radius 1 is 1.07 bits per heavy atom. The van der Waals surface area contributed by atoms with Crippen molar-refractivity contribution in [3.63, 3.8) is 0 Å². The zero-order chi connectivity index (χ0) is 20.4. The van der Waals surface area contributed by atoms with Crippen molar-refractivity contribution in [1.29, 1.82) is 0 Å². The van der Waals surface area contributed by atoms with Gasteiger partial charge in [-0.05, 0) is 44.2 Å². The van der Waals surface area contributed by atoms with Gasteiger partial charge in [-0.2, -0.15) is 0 Å². The summed E-state index contributed by atoms with van der Waals surface area (Å²) in [4.78, 5) is 21.6. The highest BCUT2D eigenvalue weighted by atomic mass is 19.1. The molecule has 6 heteroatoms. The zero-order valence-electron chi connectivity index (χ0n) is 16.2. The third kappa shape index (κ3) is 4.01. The third-order valence-electron chi connectivity index (χ3n) is 4.71. The SMILES string of the molecule is Cc1cc(C(=O)NCCc2nc(-c3ccccc3)oc2C)c2ccc(F)cc2n1. The summed E-state index contributed by atoms with van der Waals surface area (Å²) in [5.41, 5.74) is 3.33. The van der Waals surface area contributed by atoms with E-state index < -0.39 is 0 Å². The number of pyridine rings is 1. The minimum absolute atomic E-state index is 0.225. The van der Waals surface area contributed by atoms with Gasteiger partial charge < -0.3 is 9.73 Å². The van der Waals surface area contributed by atoms with Gasteiger partial charge in [-0.25, -0.2) is 9.37 Å². The number of hydrogen-bond acceptors (Lipinski definition) is 4. The molecule has 4 aromatic rings. The lowest BCUT2D eigenvalue weighted by atomic mass is 10.1. The second-order valence-electron chi connectivity index (χ2n) is 6.87. The summed E-state index contributed by atoms with van der Waals surface area (Å²) in [6, 6.07) is 15.7. The summed E-state index contributed by atoms with van der Waals surface area (Å²) in [6.07, 6.45) is 0.546. The molecular weight excluding hydrogens is 369 g/mol. The fourth-order valence-electron chi connectivity index (χ4n) is 3.28. The Morgan fingerprint density at radius 3 is 2.66 bits per heavy atom. The van der Waals surface area contributed by atoms with Gasteiger partial charge in [0.2, 0.25) is 5.89 Å². The van der Waals surface area contributed by atoms with Crippen molar-refractivity contribution < 1.29 is 13.6 Å². The van der Waals surface area contributed by atoms with Crippen LogP contribution in [0.5, 0.6) is 0 Å². The molecule has 0 bridgehead atoms. The lowest BCUT2D eigenvalue weighted by Crippen LogP contribution is -2.26. The molecule has 0 aliphatic carbocycles. The van der Waals surface area contributed by atoms with Crippen LogP contribution < -0.4 is 5.32 Å². The van der Waals surface area contributed by atoms with Crippen molar-refractivity contribution in [2.24, 2.45) is 0 Å². The molecular formula is C23H20FN3O2. The van der Waals surface area contributed by atoms with Gasteiger partial charge in [-0.1, -0.05) is 18.2 Å². The normalized spacial score (nSPS) is 11.0. The van der Waals surface area contributed by atoms with Gasteiger partial charge in [0.05, 0.1) is 16.8 Å². The number of fused-ring (bicyclic) bond motifs is 1. The second-order valence-corrected chi connectivity index (χ2v) is 6.87.